The van der Waals surface area contributed by atoms with E-state index in [0.29, 0.717) is 18.6 Å². The number of rotatable bonds is 15. The summed E-state index contributed by atoms with van der Waals surface area (Å²) in [4.78, 5) is 10.4. The lowest BCUT2D eigenvalue weighted by molar-refractivity contribution is -0.137. The van der Waals surface area contributed by atoms with Gasteiger partial charge in [-0.25, -0.2) is 0 Å². The Morgan fingerprint density at radius 1 is 0.810 bits per heavy atom. The van der Waals surface area contributed by atoms with Gasteiger partial charge in [0.25, 0.3) is 0 Å². The summed E-state index contributed by atoms with van der Waals surface area (Å²) in [6.07, 6.45) is 17.6. The van der Waals surface area contributed by atoms with Gasteiger partial charge in [0, 0.05) is 6.42 Å². The van der Waals surface area contributed by atoms with E-state index in [1.165, 1.54) is 64.2 Å². The molecule has 2 atom stereocenters. The molecule has 0 aromatic heterocycles. The monoisotopic (exact) mass is 298 g/mol. The Hall–Kier alpha value is -0.570. The fourth-order valence-corrected chi connectivity index (χ4v) is 2.96. The van der Waals surface area contributed by atoms with E-state index in [1.54, 1.807) is 0 Å². The van der Waals surface area contributed by atoms with E-state index in [1.807, 2.05) is 0 Å². The van der Waals surface area contributed by atoms with E-state index >= 15 is 0 Å². The first-order valence-corrected chi connectivity index (χ1v) is 9.11. The van der Waals surface area contributed by atoms with Crippen LogP contribution in [0.5, 0.6) is 0 Å². The largest absolute Gasteiger partial charge is 0.481 e. The lowest BCUT2D eigenvalue weighted by atomic mass is 10.0. The number of hydrogen-bond acceptors (Lipinski definition) is 2. The number of carboxylic acids is 1. The number of epoxide rings is 1. The molecule has 3 nitrogen and oxygen atoms in total. The minimum atomic E-state index is -0.682. The molecule has 2 unspecified atom stereocenters. The molecule has 1 aliphatic heterocycles. The van der Waals surface area contributed by atoms with Crippen molar-refractivity contribution in [3.8, 4) is 0 Å². The molecule has 1 rings (SSSR count). The first kappa shape index (κ1) is 18.5. The van der Waals surface area contributed by atoms with E-state index in [2.05, 4.69) is 6.92 Å². The van der Waals surface area contributed by atoms with E-state index in [4.69, 9.17) is 9.84 Å². The lowest BCUT2D eigenvalue weighted by Gasteiger charge is -2.01. The van der Waals surface area contributed by atoms with Crippen LogP contribution >= 0.6 is 0 Å². The number of carbonyl (C=O) groups is 1. The highest BCUT2D eigenvalue weighted by atomic mass is 16.6. The van der Waals surface area contributed by atoms with Gasteiger partial charge in [0.05, 0.1) is 12.2 Å². The highest BCUT2D eigenvalue weighted by Crippen LogP contribution is 2.31. The molecule has 124 valence electrons. The Balaban J connectivity index is 1.76. The average Bonchev–Trinajstić information content (AvgIpc) is 3.20. The van der Waals surface area contributed by atoms with E-state index < -0.39 is 5.97 Å². The van der Waals surface area contributed by atoms with Crippen LogP contribution in [-0.4, -0.2) is 23.3 Å². The Labute approximate surface area is 130 Å². The van der Waals surface area contributed by atoms with Gasteiger partial charge in [0.1, 0.15) is 0 Å². The number of aliphatic carboxylic acids is 1. The van der Waals surface area contributed by atoms with Gasteiger partial charge in [0.15, 0.2) is 0 Å². The summed E-state index contributed by atoms with van der Waals surface area (Å²) in [5.74, 6) is -0.682. The van der Waals surface area contributed by atoms with Crippen LogP contribution < -0.4 is 0 Å². The van der Waals surface area contributed by atoms with E-state index in [0.717, 1.165) is 19.3 Å². The molecular weight excluding hydrogens is 264 g/mol. The molecule has 0 spiro atoms. The van der Waals surface area contributed by atoms with Gasteiger partial charge < -0.3 is 9.84 Å². The lowest BCUT2D eigenvalue weighted by Crippen LogP contribution is -1.97. The SMILES string of the molecule is CCCCCCCCCCCC1OC1CCCCC(=O)O. The minimum Gasteiger partial charge on any atom is -0.481 e. The van der Waals surface area contributed by atoms with Crippen molar-refractivity contribution in [2.45, 2.75) is 109 Å². The predicted octanol–water partition coefficient (Wildman–Crippen LogP) is 5.32. The highest BCUT2D eigenvalue weighted by molar-refractivity contribution is 5.66. The van der Waals surface area contributed by atoms with Crippen LogP contribution in [0.2, 0.25) is 0 Å². The van der Waals surface area contributed by atoms with Crippen molar-refractivity contribution < 1.29 is 14.6 Å². The van der Waals surface area contributed by atoms with Crippen molar-refractivity contribution in [3.63, 3.8) is 0 Å². The predicted molar refractivity (Wildman–Crippen MR) is 86.6 cm³/mol. The van der Waals surface area contributed by atoms with Crippen molar-refractivity contribution in [3.05, 3.63) is 0 Å². The quantitative estimate of drug-likeness (QED) is 0.329. The summed E-state index contributed by atoms with van der Waals surface area (Å²) < 4.78 is 5.65. The molecular formula is C18H34O3. The number of carboxylic acid groups (broad SMARTS) is 1. The summed E-state index contributed by atoms with van der Waals surface area (Å²) >= 11 is 0. The maximum absolute atomic E-state index is 10.4. The summed E-state index contributed by atoms with van der Waals surface area (Å²) in [5, 5.41) is 8.56. The summed E-state index contributed by atoms with van der Waals surface area (Å²) in [6, 6.07) is 0. The van der Waals surface area contributed by atoms with Crippen molar-refractivity contribution >= 4 is 5.97 Å². The molecule has 1 heterocycles. The Bertz CT molecular complexity index is 265. The van der Waals surface area contributed by atoms with Gasteiger partial charge in [-0.2, -0.15) is 0 Å². The van der Waals surface area contributed by atoms with Gasteiger partial charge in [-0.1, -0.05) is 71.1 Å². The molecule has 0 aromatic rings. The van der Waals surface area contributed by atoms with Gasteiger partial charge in [-0.15, -0.1) is 0 Å². The number of ether oxygens (including phenoxy) is 1. The van der Waals surface area contributed by atoms with Crippen LogP contribution in [0.1, 0.15) is 96.8 Å². The fourth-order valence-electron chi connectivity index (χ4n) is 2.96. The first-order chi connectivity index (χ1) is 10.2. The summed E-state index contributed by atoms with van der Waals surface area (Å²) in [5.41, 5.74) is 0. The van der Waals surface area contributed by atoms with Gasteiger partial charge in [-0.05, 0) is 19.3 Å². The van der Waals surface area contributed by atoms with Crippen molar-refractivity contribution in [2.75, 3.05) is 0 Å². The maximum atomic E-state index is 10.4. The molecule has 0 radical (unpaired) electrons. The first-order valence-electron chi connectivity index (χ1n) is 9.11. The smallest absolute Gasteiger partial charge is 0.303 e. The van der Waals surface area contributed by atoms with Crippen LogP contribution in [0.4, 0.5) is 0 Å². The van der Waals surface area contributed by atoms with Crippen molar-refractivity contribution in [1.82, 2.24) is 0 Å². The zero-order valence-electron chi connectivity index (χ0n) is 13.8. The third-order valence-electron chi connectivity index (χ3n) is 4.41. The van der Waals surface area contributed by atoms with Gasteiger partial charge in [0.2, 0.25) is 0 Å². The molecule has 0 aromatic carbocycles. The second-order valence-electron chi connectivity index (χ2n) is 6.47. The van der Waals surface area contributed by atoms with Crippen LogP contribution in [0.15, 0.2) is 0 Å². The normalized spacial score (nSPS) is 20.6. The molecule has 0 bridgehead atoms. The van der Waals surface area contributed by atoms with Crippen LogP contribution in [-0.2, 0) is 9.53 Å². The van der Waals surface area contributed by atoms with E-state index in [9.17, 15) is 4.79 Å². The molecule has 3 heteroatoms. The van der Waals surface area contributed by atoms with Crippen molar-refractivity contribution in [1.29, 1.82) is 0 Å². The zero-order chi connectivity index (χ0) is 15.3. The zero-order valence-corrected chi connectivity index (χ0v) is 13.8. The highest BCUT2D eigenvalue weighted by Gasteiger charge is 2.36. The molecule has 1 N–H and O–H groups in total. The van der Waals surface area contributed by atoms with Crippen molar-refractivity contribution in [2.24, 2.45) is 0 Å². The van der Waals surface area contributed by atoms with Gasteiger partial charge >= 0.3 is 5.97 Å². The van der Waals surface area contributed by atoms with Crippen LogP contribution in [0, 0.1) is 0 Å². The second-order valence-corrected chi connectivity index (χ2v) is 6.47. The molecule has 0 aliphatic carbocycles. The van der Waals surface area contributed by atoms with Crippen LogP contribution in [0.25, 0.3) is 0 Å². The Kier molecular flexibility index (Phi) is 10.6. The van der Waals surface area contributed by atoms with Gasteiger partial charge in [-0.3, -0.25) is 4.79 Å². The molecule has 1 fully saturated rings. The molecule has 1 saturated heterocycles. The topological polar surface area (TPSA) is 49.8 Å². The average molecular weight is 298 g/mol. The number of hydrogen-bond donors (Lipinski definition) is 1. The third kappa shape index (κ3) is 10.8. The molecule has 0 saturated carbocycles. The van der Waals surface area contributed by atoms with E-state index in [-0.39, 0.29) is 0 Å². The number of unbranched alkanes of at least 4 members (excludes halogenated alkanes) is 9. The van der Waals surface area contributed by atoms with Crippen LogP contribution in [0.3, 0.4) is 0 Å². The Morgan fingerprint density at radius 3 is 1.81 bits per heavy atom. The molecule has 21 heavy (non-hydrogen) atoms. The molecule has 0 amide bonds. The third-order valence-corrected chi connectivity index (χ3v) is 4.41. The fraction of sp³-hybridized carbons (Fsp3) is 0.944. The minimum absolute atomic E-state index is 0.301. The standard InChI is InChI=1S/C18H34O3/c1-2-3-4-5-6-7-8-9-10-13-16-17(21-16)14-11-12-15-18(19)20/h16-17H,2-15H2,1H3,(H,19,20). The summed E-state index contributed by atoms with van der Waals surface area (Å²) in [7, 11) is 0. The Morgan fingerprint density at radius 2 is 1.29 bits per heavy atom. The summed E-state index contributed by atoms with van der Waals surface area (Å²) in [6.45, 7) is 2.26. The molecule has 1 aliphatic rings. The maximum Gasteiger partial charge on any atom is 0.303 e. The second kappa shape index (κ2) is 12.0.